The van der Waals surface area contributed by atoms with Crippen LogP contribution in [0.15, 0.2) is 66.9 Å². The fourth-order valence-corrected chi connectivity index (χ4v) is 5.76. The topological polar surface area (TPSA) is 86.1 Å². The lowest BCUT2D eigenvalue weighted by atomic mass is 9.87. The number of amides is 3. The minimum absolute atomic E-state index is 0.00485. The van der Waals surface area contributed by atoms with Crippen LogP contribution < -0.4 is 14.7 Å². The van der Waals surface area contributed by atoms with Crippen LogP contribution in [0.5, 0.6) is 0 Å². The van der Waals surface area contributed by atoms with Crippen LogP contribution in [0.1, 0.15) is 36.9 Å². The Morgan fingerprint density at radius 2 is 1.95 bits per heavy atom. The van der Waals surface area contributed by atoms with Crippen LogP contribution in [0.4, 0.5) is 29.5 Å². The van der Waals surface area contributed by atoms with E-state index in [4.69, 9.17) is 11.6 Å². The lowest BCUT2D eigenvalue weighted by molar-refractivity contribution is -0.133. The molecule has 39 heavy (non-hydrogen) atoms. The summed E-state index contributed by atoms with van der Waals surface area (Å²) < 4.78 is 41.2. The van der Waals surface area contributed by atoms with Gasteiger partial charge < -0.3 is 5.32 Å². The summed E-state index contributed by atoms with van der Waals surface area (Å²) in [7, 11) is 0. The molecule has 3 amide bonds. The third-order valence-corrected chi connectivity index (χ3v) is 7.60. The Morgan fingerprint density at radius 1 is 1.21 bits per heavy atom. The van der Waals surface area contributed by atoms with Crippen molar-refractivity contribution < 1.29 is 22.8 Å². The smallest absolute Gasteiger partial charge is 0.347 e. The van der Waals surface area contributed by atoms with E-state index in [-0.39, 0.29) is 34.2 Å². The number of pyridine rings is 1. The first-order chi connectivity index (χ1) is 18.6. The predicted molar refractivity (Wildman–Crippen MR) is 140 cm³/mol. The molecule has 1 aliphatic heterocycles. The molecule has 3 atom stereocenters. The van der Waals surface area contributed by atoms with Gasteiger partial charge in [-0.05, 0) is 37.3 Å². The number of hydrogen-bond donors (Lipinski definition) is 1. The van der Waals surface area contributed by atoms with E-state index in [0.717, 1.165) is 0 Å². The minimum atomic E-state index is -2.88. The lowest BCUT2D eigenvalue weighted by Gasteiger charge is -2.40. The van der Waals surface area contributed by atoms with Crippen molar-refractivity contribution in [1.82, 2.24) is 14.8 Å². The molecule has 5 rings (SSSR count). The highest BCUT2D eigenvalue weighted by molar-refractivity contribution is 6.31. The van der Waals surface area contributed by atoms with Crippen LogP contribution in [0, 0.1) is 17.1 Å². The van der Waals surface area contributed by atoms with Gasteiger partial charge in [-0.1, -0.05) is 35.9 Å². The molecule has 0 bridgehead atoms. The number of hydrogen-bond acceptors (Lipinski definition) is 4. The fraction of sp³-hybridized carbons (Fsp3) is 0.286. The first kappa shape index (κ1) is 26.7. The number of anilines is 1. The Morgan fingerprint density at radius 3 is 2.62 bits per heavy atom. The number of carbonyl (C=O) groups excluding carboxylic acids is 2. The summed E-state index contributed by atoms with van der Waals surface area (Å²) in [6.45, 7) is 1.76. The number of quaternary nitrogens is 1. The van der Waals surface area contributed by atoms with Gasteiger partial charge in [-0.15, -0.1) is 0 Å². The van der Waals surface area contributed by atoms with E-state index in [1.807, 2.05) is 6.07 Å². The van der Waals surface area contributed by atoms with E-state index in [2.05, 4.69) is 10.3 Å². The molecule has 2 aromatic carbocycles. The quantitative estimate of drug-likeness (QED) is 0.394. The predicted octanol–water partition coefficient (Wildman–Crippen LogP) is 5.74. The normalized spacial score (nSPS) is 23.1. The van der Waals surface area contributed by atoms with Crippen LogP contribution >= 0.6 is 11.6 Å². The number of urea groups is 1. The first-order valence-electron chi connectivity index (χ1n) is 12.3. The summed E-state index contributed by atoms with van der Waals surface area (Å²) in [5, 5.41) is 12.3. The van der Waals surface area contributed by atoms with Gasteiger partial charge in [-0.3, -0.25) is 4.79 Å². The molecule has 1 saturated heterocycles. The molecule has 11 heteroatoms. The highest BCUT2D eigenvalue weighted by Gasteiger charge is 2.61. The van der Waals surface area contributed by atoms with Crippen molar-refractivity contribution in [1.29, 1.82) is 5.26 Å². The third-order valence-electron chi connectivity index (χ3n) is 7.26. The van der Waals surface area contributed by atoms with Crippen LogP contribution in [-0.2, 0) is 4.79 Å². The highest BCUT2D eigenvalue weighted by atomic mass is 35.5. The van der Waals surface area contributed by atoms with Gasteiger partial charge in [-0.25, -0.2) is 27.8 Å². The van der Waals surface area contributed by atoms with E-state index in [1.165, 1.54) is 41.4 Å². The van der Waals surface area contributed by atoms with Crippen LogP contribution in [-0.4, -0.2) is 41.5 Å². The SMILES string of the molecule is CC1C[N@@+](c2cccc(F)c2)([C@H](C(=O)NC2CC(F)(F)C2)c2ccccc2Cl)C(=O)N1c1cc(C#N)ccn1. The van der Waals surface area contributed by atoms with Gasteiger partial charge in [0.05, 0.1) is 22.7 Å². The van der Waals surface area contributed by atoms with Crippen LogP contribution in [0.3, 0.4) is 0 Å². The average Bonchev–Trinajstić information content (AvgIpc) is 3.14. The Hall–Kier alpha value is -3.94. The molecule has 1 aromatic heterocycles. The molecular weight excluding hydrogens is 531 g/mol. The second-order valence-electron chi connectivity index (χ2n) is 9.94. The molecule has 2 heterocycles. The zero-order chi connectivity index (χ0) is 27.9. The molecular formula is C28H24ClF3N5O2+. The Balaban J connectivity index is 1.69. The van der Waals surface area contributed by atoms with Crippen molar-refractivity contribution in [2.45, 2.75) is 43.8 Å². The van der Waals surface area contributed by atoms with E-state index in [9.17, 15) is 28.0 Å². The van der Waals surface area contributed by atoms with Gasteiger partial charge in [0.15, 0.2) is 0 Å². The highest BCUT2D eigenvalue weighted by Crippen LogP contribution is 2.46. The van der Waals surface area contributed by atoms with Crippen LogP contribution in [0.2, 0.25) is 5.02 Å². The largest absolute Gasteiger partial charge is 0.431 e. The van der Waals surface area contributed by atoms with E-state index in [1.54, 1.807) is 37.3 Å². The van der Waals surface area contributed by atoms with Crippen molar-refractivity contribution in [3.63, 3.8) is 0 Å². The van der Waals surface area contributed by atoms with Gasteiger partial charge in [0, 0.05) is 36.7 Å². The first-order valence-corrected chi connectivity index (χ1v) is 12.7. The summed E-state index contributed by atoms with van der Waals surface area (Å²) in [5.41, 5.74) is 0.750. The maximum absolute atomic E-state index is 14.6. The molecule has 200 valence electrons. The number of halogens is 4. The van der Waals surface area contributed by atoms with Crippen molar-refractivity contribution >= 4 is 35.0 Å². The van der Waals surface area contributed by atoms with Crippen LogP contribution in [0.25, 0.3) is 0 Å². The monoisotopic (exact) mass is 554 g/mol. The van der Waals surface area contributed by atoms with Gasteiger partial charge in [0.25, 0.3) is 11.8 Å². The lowest BCUT2D eigenvalue weighted by Crippen LogP contribution is -2.61. The second-order valence-corrected chi connectivity index (χ2v) is 10.3. The van der Waals surface area contributed by atoms with E-state index < -0.39 is 59.1 Å². The molecule has 1 aliphatic carbocycles. The Kier molecular flexibility index (Phi) is 6.83. The summed E-state index contributed by atoms with van der Waals surface area (Å²) in [6.07, 6.45) is 0.364. The molecule has 0 radical (unpaired) electrons. The number of nitrogens with zero attached hydrogens (tertiary/aromatic N) is 4. The number of aromatic nitrogens is 1. The summed E-state index contributed by atoms with van der Waals surface area (Å²) in [6, 6.07) is 13.6. The Labute approximate surface area is 228 Å². The number of benzene rings is 2. The number of nitriles is 1. The van der Waals surface area contributed by atoms with E-state index >= 15 is 0 Å². The fourth-order valence-electron chi connectivity index (χ4n) is 5.52. The maximum Gasteiger partial charge on any atom is 0.431 e. The molecule has 1 unspecified atom stereocenters. The minimum Gasteiger partial charge on any atom is -0.347 e. The molecule has 1 saturated carbocycles. The van der Waals surface area contributed by atoms with Gasteiger partial charge >= 0.3 is 6.03 Å². The number of carbonyl (C=O) groups is 2. The number of nitrogens with one attached hydrogen (secondary N) is 1. The summed E-state index contributed by atoms with van der Waals surface area (Å²) in [5.74, 6) is -3.99. The number of alkyl halides is 2. The molecule has 2 fully saturated rings. The number of rotatable bonds is 6. The summed E-state index contributed by atoms with van der Waals surface area (Å²) in [4.78, 5) is 34.2. The van der Waals surface area contributed by atoms with E-state index in [0.29, 0.717) is 0 Å². The second kappa shape index (κ2) is 9.98. The maximum atomic E-state index is 14.6. The van der Waals surface area contributed by atoms with Gasteiger partial charge in [0.1, 0.15) is 23.9 Å². The zero-order valence-corrected chi connectivity index (χ0v) is 21.6. The van der Waals surface area contributed by atoms with Crippen molar-refractivity contribution in [2.24, 2.45) is 0 Å². The molecule has 0 spiro atoms. The average molecular weight is 555 g/mol. The molecule has 3 aromatic rings. The summed E-state index contributed by atoms with van der Waals surface area (Å²) >= 11 is 6.57. The van der Waals surface area contributed by atoms with Gasteiger partial charge in [0.2, 0.25) is 6.04 Å². The molecule has 1 N–H and O–H groups in total. The van der Waals surface area contributed by atoms with Crippen molar-refractivity contribution in [3.05, 3.63) is 88.8 Å². The van der Waals surface area contributed by atoms with Crippen molar-refractivity contribution in [3.8, 4) is 6.07 Å². The standard InChI is InChI=1S/C28H23ClF3N5O2/c1-17-16-37(21-6-4-5-19(30)12-21,27(39)36(17)24-11-18(15-33)9-10-34-24)25(22-7-2-3-8-23(22)29)26(38)35-20-13-28(31,32)14-20/h2-12,17,20,25H,13-14,16H2,1H3/p+1/t17?,25-,37+/m0/s1. The third kappa shape index (κ3) is 4.73. The molecule has 7 nitrogen and oxygen atoms in total. The molecule has 2 aliphatic rings. The van der Waals surface area contributed by atoms with Gasteiger partial charge in [-0.2, -0.15) is 9.74 Å². The zero-order valence-electron chi connectivity index (χ0n) is 20.8. The van der Waals surface area contributed by atoms with Crippen molar-refractivity contribution in [2.75, 3.05) is 11.4 Å². The Bertz CT molecular complexity index is 1490.